The van der Waals surface area contributed by atoms with Crippen LogP contribution in [0.25, 0.3) is 0 Å². The second kappa shape index (κ2) is 6.91. The monoisotopic (exact) mass is 328 g/mol. The molecule has 0 atom stereocenters. The van der Waals surface area contributed by atoms with E-state index in [0.29, 0.717) is 28.6 Å². The van der Waals surface area contributed by atoms with Crippen LogP contribution in [0.1, 0.15) is 6.92 Å². The van der Waals surface area contributed by atoms with Crippen molar-refractivity contribution < 1.29 is 23.8 Å². The molecule has 1 heterocycles. The van der Waals surface area contributed by atoms with Crippen LogP contribution < -0.4 is 24.8 Å². The SMILES string of the molecule is CC(=O)Nc1ccc(NC(=O)COc2ccc3c(c2)OCO3)cc1. The molecule has 124 valence electrons. The van der Waals surface area contributed by atoms with Gasteiger partial charge in [0.25, 0.3) is 5.91 Å². The molecule has 1 aliphatic heterocycles. The summed E-state index contributed by atoms with van der Waals surface area (Å²) in [5.41, 5.74) is 1.28. The predicted molar refractivity (Wildman–Crippen MR) is 87.4 cm³/mol. The Morgan fingerprint density at radius 3 is 2.38 bits per heavy atom. The number of fused-ring (bicyclic) bond motifs is 1. The largest absolute Gasteiger partial charge is 0.484 e. The van der Waals surface area contributed by atoms with E-state index in [9.17, 15) is 9.59 Å². The van der Waals surface area contributed by atoms with E-state index in [4.69, 9.17) is 14.2 Å². The Bertz CT molecular complexity index is 758. The van der Waals surface area contributed by atoms with Crippen LogP contribution in [0, 0.1) is 0 Å². The predicted octanol–water partition coefficient (Wildman–Crippen LogP) is 2.39. The number of nitrogens with one attached hydrogen (secondary N) is 2. The lowest BCUT2D eigenvalue weighted by Gasteiger charge is -2.09. The zero-order chi connectivity index (χ0) is 16.9. The quantitative estimate of drug-likeness (QED) is 0.880. The molecule has 0 bridgehead atoms. The van der Waals surface area contributed by atoms with E-state index in [-0.39, 0.29) is 25.2 Å². The summed E-state index contributed by atoms with van der Waals surface area (Å²) in [6.45, 7) is 1.49. The van der Waals surface area contributed by atoms with Gasteiger partial charge in [0.1, 0.15) is 5.75 Å². The molecule has 7 heteroatoms. The van der Waals surface area contributed by atoms with Gasteiger partial charge in [0.2, 0.25) is 12.7 Å². The number of ether oxygens (including phenoxy) is 3. The van der Waals surface area contributed by atoms with Gasteiger partial charge in [-0.15, -0.1) is 0 Å². The standard InChI is InChI=1S/C17H16N2O5/c1-11(20)18-12-2-4-13(5-3-12)19-17(21)9-22-14-6-7-15-16(8-14)24-10-23-15/h2-8H,9-10H2,1H3,(H,18,20)(H,19,21). The zero-order valence-electron chi connectivity index (χ0n) is 13.0. The van der Waals surface area contributed by atoms with Gasteiger partial charge in [-0.2, -0.15) is 0 Å². The molecule has 2 aromatic rings. The molecule has 0 radical (unpaired) electrons. The Morgan fingerprint density at radius 2 is 1.67 bits per heavy atom. The van der Waals surface area contributed by atoms with Crippen LogP contribution in [0.5, 0.6) is 17.2 Å². The molecule has 7 nitrogen and oxygen atoms in total. The summed E-state index contributed by atoms with van der Waals surface area (Å²) in [6.07, 6.45) is 0. The van der Waals surface area contributed by atoms with Gasteiger partial charge in [0, 0.05) is 24.4 Å². The molecule has 3 rings (SSSR count). The van der Waals surface area contributed by atoms with Gasteiger partial charge in [-0.25, -0.2) is 0 Å². The minimum Gasteiger partial charge on any atom is -0.484 e. The van der Waals surface area contributed by atoms with Crippen LogP contribution in [-0.4, -0.2) is 25.2 Å². The second-order valence-electron chi connectivity index (χ2n) is 5.11. The third kappa shape index (κ3) is 3.95. The molecule has 0 aromatic heterocycles. The van der Waals surface area contributed by atoms with Gasteiger partial charge in [-0.05, 0) is 36.4 Å². The fourth-order valence-electron chi connectivity index (χ4n) is 2.15. The van der Waals surface area contributed by atoms with Gasteiger partial charge in [-0.3, -0.25) is 9.59 Å². The Hall–Kier alpha value is -3.22. The Balaban J connectivity index is 1.51. The number of amides is 2. The van der Waals surface area contributed by atoms with Crippen LogP contribution in [0.15, 0.2) is 42.5 Å². The van der Waals surface area contributed by atoms with Gasteiger partial charge < -0.3 is 24.8 Å². The average molecular weight is 328 g/mol. The molecule has 2 aromatic carbocycles. The second-order valence-corrected chi connectivity index (χ2v) is 5.11. The number of rotatable bonds is 5. The van der Waals surface area contributed by atoms with Crippen molar-refractivity contribution in [3.05, 3.63) is 42.5 Å². The molecule has 0 saturated heterocycles. The maximum Gasteiger partial charge on any atom is 0.262 e. The molecular weight excluding hydrogens is 312 g/mol. The lowest BCUT2D eigenvalue weighted by atomic mass is 10.2. The molecule has 0 spiro atoms. The average Bonchev–Trinajstić information content (AvgIpc) is 3.02. The summed E-state index contributed by atoms with van der Waals surface area (Å²) in [5, 5.41) is 5.37. The topological polar surface area (TPSA) is 85.9 Å². The number of hydrogen-bond acceptors (Lipinski definition) is 5. The van der Waals surface area contributed by atoms with Crippen LogP contribution >= 0.6 is 0 Å². The van der Waals surface area contributed by atoms with Crippen molar-refractivity contribution in [2.75, 3.05) is 24.0 Å². The lowest BCUT2D eigenvalue weighted by molar-refractivity contribution is -0.118. The Kier molecular flexibility index (Phi) is 4.51. The number of hydrogen-bond donors (Lipinski definition) is 2. The zero-order valence-corrected chi connectivity index (χ0v) is 13.0. The maximum atomic E-state index is 11.9. The number of benzene rings is 2. The summed E-state index contributed by atoms with van der Waals surface area (Å²) in [5.74, 6) is 1.34. The highest BCUT2D eigenvalue weighted by atomic mass is 16.7. The molecule has 1 aliphatic rings. The fourth-order valence-corrected chi connectivity index (χ4v) is 2.15. The van der Waals surface area contributed by atoms with E-state index in [0.717, 1.165) is 0 Å². The fraction of sp³-hybridized carbons (Fsp3) is 0.176. The number of carbonyl (C=O) groups excluding carboxylic acids is 2. The molecular formula is C17H16N2O5. The molecule has 0 fully saturated rings. The van der Waals surface area contributed by atoms with Gasteiger partial charge in [-0.1, -0.05) is 0 Å². The molecule has 0 unspecified atom stereocenters. The van der Waals surface area contributed by atoms with Crippen molar-refractivity contribution in [1.82, 2.24) is 0 Å². The van der Waals surface area contributed by atoms with Crippen LogP contribution in [0.2, 0.25) is 0 Å². The van der Waals surface area contributed by atoms with Crippen molar-refractivity contribution in [3.8, 4) is 17.2 Å². The van der Waals surface area contributed by atoms with Crippen LogP contribution in [0.4, 0.5) is 11.4 Å². The molecule has 0 aliphatic carbocycles. The molecule has 24 heavy (non-hydrogen) atoms. The first-order valence-corrected chi connectivity index (χ1v) is 7.30. The molecule has 2 N–H and O–H groups in total. The van der Waals surface area contributed by atoms with Crippen LogP contribution in [0.3, 0.4) is 0 Å². The summed E-state index contributed by atoms with van der Waals surface area (Å²) in [6, 6.07) is 11.9. The third-order valence-corrected chi connectivity index (χ3v) is 3.20. The number of carbonyl (C=O) groups is 2. The van der Waals surface area contributed by atoms with Gasteiger partial charge >= 0.3 is 0 Å². The lowest BCUT2D eigenvalue weighted by Crippen LogP contribution is -2.20. The maximum absolute atomic E-state index is 11.9. The van der Waals surface area contributed by atoms with E-state index in [1.54, 1.807) is 42.5 Å². The molecule has 2 amide bonds. The number of anilines is 2. The van der Waals surface area contributed by atoms with Crippen molar-refractivity contribution in [3.63, 3.8) is 0 Å². The Morgan fingerprint density at radius 1 is 1.00 bits per heavy atom. The van der Waals surface area contributed by atoms with E-state index in [1.807, 2.05) is 0 Å². The third-order valence-electron chi connectivity index (χ3n) is 3.20. The summed E-state index contributed by atoms with van der Waals surface area (Å²) in [7, 11) is 0. The van der Waals surface area contributed by atoms with Crippen molar-refractivity contribution in [1.29, 1.82) is 0 Å². The summed E-state index contributed by atoms with van der Waals surface area (Å²) >= 11 is 0. The first-order valence-electron chi connectivity index (χ1n) is 7.30. The highest BCUT2D eigenvalue weighted by Crippen LogP contribution is 2.35. The van der Waals surface area contributed by atoms with E-state index < -0.39 is 0 Å². The smallest absolute Gasteiger partial charge is 0.262 e. The van der Waals surface area contributed by atoms with Gasteiger partial charge in [0.05, 0.1) is 0 Å². The van der Waals surface area contributed by atoms with Crippen LogP contribution in [-0.2, 0) is 9.59 Å². The minimum absolute atomic E-state index is 0.132. The normalized spacial score (nSPS) is 11.7. The van der Waals surface area contributed by atoms with Crippen molar-refractivity contribution in [2.45, 2.75) is 6.92 Å². The van der Waals surface area contributed by atoms with E-state index in [1.165, 1.54) is 6.92 Å². The van der Waals surface area contributed by atoms with Gasteiger partial charge in [0.15, 0.2) is 18.1 Å². The minimum atomic E-state index is -0.292. The summed E-state index contributed by atoms with van der Waals surface area (Å²) in [4.78, 5) is 22.9. The first kappa shape index (κ1) is 15.7. The molecule has 0 saturated carbocycles. The summed E-state index contributed by atoms with van der Waals surface area (Å²) < 4.78 is 15.9. The Labute approximate surface area is 138 Å². The van der Waals surface area contributed by atoms with E-state index in [2.05, 4.69) is 10.6 Å². The van der Waals surface area contributed by atoms with Crippen molar-refractivity contribution >= 4 is 23.2 Å². The highest BCUT2D eigenvalue weighted by molar-refractivity contribution is 5.93. The highest BCUT2D eigenvalue weighted by Gasteiger charge is 2.14. The van der Waals surface area contributed by atoms with Crippen molar-refractivity contribution in [2.24, 2.45) is 0 Å². The van der Waals surface area contributed by atoms with E-state index >= 15 is 0 Å². The first-order chi connectivity index (χ1) is 11.6.